The molecule has 0 aliphatic heterocycles. The molecule has 0 radical (unpaired) electrons. The number of nitrogens with one attached hydrogen (secondary N) is 1. The van der Waals surface area contributed by atoms with Gasteiger partial charge in [-0.25, -0.2) is 9.18 Å². The first-order valence-corrected chi connectivity index (χ1v) is 5.17. The van der Waals surface area contributed by atoms with E-state index < -0.39 is 11.9 Å². The molecule has 1 amide bonds. The molecule has 0 aromatic heterocycles. The van der Waals surface area contributed by atoms with E-state index in [0.717, 1.165) is 0 Å². The van der Waals surface area contributed by atoms with Crippen LogP contribution in [0.4, 0.5) is 14.9 Å². The number of hydrogen-bond acceptors (Lipinski definition) is 3. The van der Waals surface area contributed by atoms with Crippen molar-refractivity contribution in [1.29, 1.82) is 0 Å². The van der Waals surface area contributed by atoms with Gasteiger partial charge in [0.1, 0.15) is 11.6 Å². The lowest BCUT2D eigenvalue weighted by atomic mass is 10.2. The Morgan fingerprint density at radius 1 is 1.65 bits per heavy atom. The zero-order chi connectivity index (χ0) is 12.8. The van der Waals surface area contributed by atoms with Crippen molar-refractivity contribution in [1.82, 2.24) is 5.32 Å². The molecule has 0 spiro atoms. The molecule has 1 rings (SSSR count). The molecule has 6 heteroatoms. The first-order chi connectivity index (χ1) is 7.99. The van der Waals surface area contributed by atoms with E-state index in [-0.39, 0.29) is 18.4 Å². The van der Waals surface area contributed by atoms with E-state index in [1.54, 1.807) is 6.92 Å². The van der Waals surface area contributed by atoms with Gasteiger partial charge in [0, 0.05) is 19.0 Å². The van der Waals surface area contributed by atoms with Crippen molar-refractivity contribution in [3.63, 3.8) is 0 Å². The second-order valence-electron chi connectivity index (χ2n) is 3.63. The highest BCUT2D eigenvalue weighted by Gasteiger charge is 2.08. The van der Waals surface area contributed by atoms with Gasteiger partial charge >= 0.3 is 6.09 Å². The van der Waals surface area contributed by atoms with E-state index in [0.29, 0.717) is 12.1 Å². The van der Waals surface area contributed by atoms with Gasteiger partial charge in [0.15, 0.2) is 0 Å². The molecule has 0 aliphatic rings. The molecule has 0 saturated carbocycles. The number of ether oxygens (including phenoxy) is 1. The van der Waals surface area contributed by atoms with E-state index in [2.05, 4.69) is 5.32 Å². The van der Waals surface area contributed by atoms with Crippen molar-refractivity contribution in [2.75, 3.05) is 12.3 Å². The van der Waals surface area contributed by atoms with Crippen LogP contribution < -0.4 is 15.8 Å². The highest BCUT2D eigenvalue weighted by Crippen LogP contribution is 2.23. The average Bonchev–Trinajstić information content (AvgIpc) is 2.23. The summed E-state index contributed by atoms with van der Waals surface area (Å²) in [5, 5.41) is 10.6. The summed E-state index contributed by atoms with van der Waals surface area (Å²) in [6.45, 7) is 2.03. The molecule has 4 N–H and O–H groups in total. The second kappa shape index (κ2) is 5.93. The third kappa shape index (κ3) is 4.58. The van der Waals surface area contributed by atoms with Gasteiger partial charge in [0.2, 0.25) is 0 Å². The van der Waals surface area contributed by atoms with Crippen LogP contribution in [0.15, 0.2) is 18.2 Å². The lowest BCUT2D eigenvalue weighted by Crippen LogP contribution is -2.26. The number of halogens is 1. The van der Waals surface area contributed by atoms with E-state index >= 15 is 0 Å². The fraction of sp³-hybridized carbons (Fsp3) is 0.364. The average molecular weight is 242 g/mol. The third-order valence-electron chi connectivity index (χ3n) is 2.13. The Balaban J connectivity index is 2.47. The van der Waals surface area contributed by atoms with E-state index in [1.165, 1.54) is 18.2 Å². The summed E-state index contributed by atoms with van der Waals surface area (Å²) < 4.78 is 18.3. The number of nitrogens with two attached hydrogens (primary N) is 1. The van der Waals surface area contributed by atoms with Gasteiger partial charge < -0.3 is 20.9 Å². The summed E-state index contributed by atoms with van der Waals surface area (Å²) >= 11 is 0. The molecule has 0 bridgehead atoms. The van der Waals surface area contributed by atoms with Crippen molar-refractivity contribution in [3.8, 4) is 5.75 Å². The molecule has 0 fully saturated rings. The van der Waals surface area contributed by atoms with Crippen molar-refractivity contribution in [2.24, 2.45) is 0 Å². The quantitative estimate of drug-likeness (QED) is 0.688. The number of benzene rings is 1. The van der Waals surface area contributed by atoms with Gasteiger partial charge in [-0.3, -0.25) is 0 Å². The molecule has 1 unspecified atom stereocenters. The summed E-state index contributed by atoms with van der Waals surface area (Å²) in [5.74, 6) is -0.155. The summed E-state index contributed by atoms with van der Waals surface area (Å²) in [6.07, 6.45) is -0.865. The zero-order valence-corrected chi connectivity index (χ0v) is 9.44. The molecule has 5 nitrogen and oxygen atoms in total. The van der Waals surface area contributed by atoms with Gasteiger partial charge in [-0.15, -0.1) is 0 Å². The number of amides is 1. The molecule has 1 aromatic carbocycles. The maximum absolute atomic E-state index is 12.9. The van der Waals surface area contributed by atoms with Crippen LogP contribution in [0, 0.1) is 5.82 Å². The lowest BCUT2D eigenvalue weighted by molar-refractivity contribution is 0.186. The molecule has 1 atom stereocenters. The molecule has 0 heterocycles. The molecule has 0 saturated heterocycles. The van der Waals surface area contributed by atoms with Crippen LogP contribution in [0.3, 0.4) is 0 Å². The van der Waals surface area contributed by atoms with Gasteiger partial charge in [-0.1, -0.05) is 0 Å². The minimum Gasteiger partial charge on any atom is -0.488 e. The summed E-state index contributed by atoms with van der Waals surface area (Å²) in [7, 11) is 0. The molecular weight excluding hydrogens is 227 g/mol. The minimum atomic E-state index is -1.08. The Morgan fingerprint density at radius 2 is 2.35 bits per heavy atom. The van der Waals surface area contributed by atoms with Gasteiger partial charge in [0.05, 0.1) is 11.8 Å². The largest absolute Gasteiger partial charge is 0.488 e. The summed E-state index contributed by atoms with van der Waals surface area (Å²) in [5.41, 5.74) is 5.96. The summed E-state index contributed by atoms with van der Waals surface area (Å²) in [4.78, 5) is 10.2. The number of carboxylic acid groups (broad SMARTS) is 1. The first kappa shape index (κ1) is 13.1. The number of rotatable bonds is 5. The second-order valence-corrected chi connectivity index (χ2v) is 3.63. The minimum absolute atomic E-state index is 0.258. The first-order valence-electron chi connectivity index (χ1n) is 5.17. The van der Waals surface area contributed by atoms with E-state index in [9.17, 15) is 9.18 Å². The maximum Gasteiger partial charge on any atom is 0.404 e. The van der Waals surface area contributed by atoms with Crippen LogP contribution in [0.25, 0.3) is 0 Å². The van der Waals surface area contributed by atoms with Crippen LogP contribution in [0.1, 0.15) is 13.3 Å². The molecule has 17 heavy (non-hydrogen) atoms. The third-order valence-corrected chi connectivity index (χ3v) is 2.13. The van der Waals surface area contributed by atoms with Crippen LogP contribution in [0.5, 0.6) is 5.75 Å². The fourth-order valence-corrected chi connectivity index (χ4v) is 1.27. The molecule has 0 aliphatic carbocycles. The van der Waals surface area contributed by atoms with E-state index in [1.807, 2.05) is 0 Å². The van der Waals surface area contributed by atoms with Crippen LogP contribution >= 0.6 is 0 Å². The van der Waals surface area contributed by atoms with Crippen LogP contribution in [0.2, 0.25) is 0 Å². The highest BCUT2D eigenvalue weighted by atomic mass is 19.1. The number of carbonyl (C=O) groups is 1. The van der Waals surface area contributed by atoms with Crippen molar-refractivity contribution in [3.05, 3.63) is 24.0 Å². The summed E-state index contributed by atoms with van der Waals surface area (Å²) in [6, 6.07) is 3.88. The van der Waals surface area contributed by atoms with Crippen molar-refractivity contribution in [2.45, 2.75) is 19.4 Å². The number of anilines is 1. The SMILES string of the molecule is CC(CCNC(=O)O)Oc1cc(F)ccc1N. The monoisotopic (exact) mass is 242 g/mol. The van der Waals surface area contributed by atoms with Crippen molar-refractivity contribution >= 4 is 11.8 Å². The molecular formula is C11H15FN2O3. The smallest absolute Gasteiger partial charge is 0.404 e. The Labute approximate surface area is 98.4 Å². The molecule has 1 aromatic rings. The topological polar surface area (TPSA) is 84.6 Å². The Morgan fingerprint density at radius 3 is 3.00 bits per heavy atom. The molecule has 94 valence electrons. The van der Waals surface area contributed by atoms with Gasteiger partial charge in [0.25, 0.3) is 0 Å². The predicted octanol–water partition coefficient (Wildman–Crippen LogP) is 1.83. The predicted molar refractivity (Wildman–Crippen MR) is 61.5 cm³/mol. The van der Waals surface area contributed by atoms with Crippen LogP contribution in [-0.4, -0.2) is 23.8 Å². The van der Waals surface area contributed by atoms with Gasteiger partial charge in [-0.2, -0.15) is 0 Å². The Bertz CT molecular complexity index is 398. The number of nitrogen functional groups attached to an aromatic ring is 1. The van der Waals surface area contributed by atoms with Crippen LogP contribution in [-0.2, 0) is 0 Å². The van der Waals surface area contributed by atoms with Crippen molar-refractivity contribution < 1.29 is 19.0 Å². The Kier molecular flexibility index (Phi) is 4.56. The Hall–Kier alpha value is -1.98. The number of hydrogen-bond donors (Lipinski definition) is 3. The standard InChI is InChI=1S/C11H15FN2O3/c1-7(4-5-14-11(15)16)17-10-6-8(12)2-3-9(10)13/h2-3,6-7,14H,4-5,13H2,1H3,(H,15,16). The highest BCUT2D eigenvalue weighted by molar-refractivity contribution is 5.64. The lowest BCUT2D eigenvalue weighted by Gasteiger charge is -2.16. The fourth-order valence-electron chi connectivity index (χ4n) is 1.27. The van der Waals surface area contributed by atoms with E-state index in [4.69, 9.17) is 15.6 Å². The van der Waals surface area contributed by atoms with Gasteiger partial charge in [-0.05, 0) is 19.1 Å². The maximum atomic E-state index is 12.9. The zero-order valence-electron chi connectivity index (χ0n) is 9.44. The normalized spacial score (nSPS) is 11.9.